The number of amides is 10. The SMILES string of the molecule is CCCCNC(=O)NCc1ccc(NC(=O)NCC(C)(C)CNC(=O)Nc2ccc3c(c2)Cc2cc(NC(=O)NCC(C)(C)CNC(=O)Nc4ccc(COC#N)cc4)ccc2-3)cc1. The Morgan fingerprint density at radius 1 is 0.547 bits per heavy atom. The molecule has 4 aromatic carbocycles. The lowest BCUT2D eigenvalue weighted by atomic mass is 9.93. The van der Waals surface area contributed by atoms with Crippen molar-refractivity contribution >= 4 is 52.9 Å². The highest BCUT2D eigenvalue weighted by atomic mass is 16.5. The first kappa shape index (κ1) is 47.6. The van der Waals surface area contributed by atoms with Gasteiger partial charge < -0.3 is 57.9 Å². The lowest BCUT2D eigenvalue weighted by molar-refractivity contribution is 0.237. The fourth-order valence-electron chi connectivity index (χ4n) is 6.60. The molecule has 0 aromatic heterocycles. The van der Waals surface area contributed by atoms with Crippen molar-refractivity contribution in [2.75, 3.05) is 54.0 Å². The van der Waals surface area contributed by atoms with Crippen molar-refractivity contribution in [2.45, 2.75) is 67.0 Å². The predicted molar refractivity (Wildman–Crippen MR) is 249 cm³/mol. The number of fused-ring (bicyclic) bond motifs is 3. The Morgan fingerprint density at radius 2 is 0.953 bits per heavy atom. The standard InChI is InChI=1S/C47H59N11O6/c1-6-7-20-49-41(59)50-24-31-8-12-35(13-9-31)55-42(60)51-26-46(2,3)28-53-44(62)57-37-16-18-39-33(22-37)21-34-23-38(17-19-40(34)39)58-45(63)54-29-47(4,5)27-52-43(61)56-36-14-10-32(11-15-36)25-64-30-48/h8-19,22-23H,6-7,20-21,24-29H2,1-5H3,(H2,49,50,59)(H2,51,55,60)(H2,52,56,61)(H2,53,57,62)(H2,54,58,63). The van der Waals surface area contributed by atoms with Crippen LogP contribution in [0.25, 0.3) is 11.1 Å². The zero-order valence-electron chi connectivity index (χ0n) is 37.1. The van der Waals surface area contributed by atoms with E-state index in [1.807, 2.05) is 76.2 Å². The molecule has 1 aliphatic carbocycles. The zero-order chi connectivity index (χ0) is 46.1. The molecule has 0 bridgehead atoms. The Kier molecular flexibility index (Phi) is 16.8. The van der Waals surface area contributed by atoms with E-state index in [4.69, 9.17) is 10.00 Å². The van der Waals surface area contributed by atoms with Gasteiger partial charge in [-0.15, -0.1) is 0 Å². The quantitative estimate of drug-likeness (QED) is 0.0292. The van der Waals surface area contributed by atoms with Crippen LogP contribution < -0.4 is 53.2 Å². The molecule has 4 aromatic rings. The van der Waals surface area contributed by atoms with E-state index in [0.29, 0.717) is 68.4 Å². The van der Waals surface area contributed by atoms with E-state index in [9.17, 15) is 24.0 Å². The van der Waals surface area contributed by atoms with Gasteiger partial charge in [-0.3, -0.25) is 0 Å². The van der Waals surface area contributed by atoms with Crippen LogP contribution in [-0.2, 0) is 24.3 Å². The van der Waals surface area contributed by atoms with Crippen molar-refractivity contribution in [3.05, 3.63) is 107 Å². The third-order valence-electron chi connectivity index (χ3n) is 10.3. The van der Waals surface area contributed by atoms with E-state index in [1.165, 1.54) is 0 Å². The molecule has 0 heterocycles. The van der Waals surface area contributed by atoms with Gasteiger partial charge in [0, 0.05) is 62.0 Å². The number of nitriles is 1. The van der Waals surface area contributed by atoms with E-state index >= 15 is 0 Å². The molecule has 64 heavy (non-hydrogen) atoms. The van der Waals surface area contributed by atoms with Crippen molar-refractivity contribution < 1.29 is 28.7 Å². The van der Waals surface area contributed by atoms with Gasteiger partial charge in [0.15, 0.2) is 0 Å². The molecule has 17 heteroatoms. The molecule has 338 valence electrons. The molecule has 0 aliphatic heterocycles. The summed E-state index contributed by atoms with van der Waals surface area (Å²) in [5, 5.41) is 37.1. The van der Waals surface area contributed by atoms with Crippen LogP contribution in [0.1, 0.15) is 69.7 Å². The van der Waals surface area contributed by atoms with Gasteiger partial charge in [-0.25, -0.2) is 24.0 Å². The summed E-state index contributed by atoms with van der Waals surface area (Å²) in [6.45, 7) is 12.2. The maximum Gasteiger partial charge on any atom is 0.319 e. The topological polar surface area (TPSA) is 239 Å². The second kappa shape index (κ2) is 22.6. The molecule has 0 spiro atoms. The Bertz CT molecular complexity index is 2310. The van der Waals surface area contributed by atoms with Gasteiger partial charge in [-0.05, 0) is 106 Å². The summed E-state index contributed by atoms with van der Waals surface area (Å²) < 4.78 is 4.72. The molecule has 10 N–H and O–H groups in total. The number of carbonyl (C=O) groups excluding carboxylic acids is 5. The summed E-state index contributed by atoms with van der Waals surface area (Å²) in [4.78, 5) is 62.8. The third kappa shape index (κ3) is 15.5. The number of nitrogens with one attached hydrogen (secondary N) is 10. The number of ether oxygens (including phenoxy) is 1. The number of anilines is 4. The van der Waals surface area contributed by atoms with E-state index < -0.39 is 10.8 Å². The van der Waals surface area contributed by atoms with Crippen molar-refractivity contribution in [3.8, 4) is 17.4 Å². The van der Waals surface area contributed by atoms with Crippen molar-refractivity contribution in [2.24, 2.45) is 10.8 Å². The maximum absolute atomic E-state index is 12.9. The fraction of sp³-hybridized carbons (Fsp3) is 0.362. The minimum atomic E-state index is -0.456. The molecular weight excluding hydrogens is 815 g/mol. The zero-order valence-corrected chi connectivity index (χ0v) is 37.1. The van der Waals surface area contributed by atoms with Crippen molar-refractivity contribution in [1.29, 1.82) is 5.26 Å². The van der Waals surface area contributed by atoms with Gasteiger partial charge in [0.05, 0.1) is 0 Å². The second-order valence-electron chi connectivity index (χ2n) is 17.2. The number of unbranched alkanes of at least 4 members (excludes halogenated alkanes) is 1. The largest absolute Gasteiger partial charge is 0.423 e. The first-order valence-electron chi connectivity index (χ1n) is 21.3. The van der Waals surface area contributed by atoms with Gasteiger partial charge >= 0.3 is 30.2 Å². The van der Waals surface area contributed by atoms with Gasteiger partial charge in [-0.2, -0.15) is 5.26 Å². The second-order valence-corrected chi connectivity index (χ2v) is 17.2. The van der Waals surface area contributed by atoms with Crippen LogP contribution in [-0.4, -0.2) is 62.9 Å². The average Bonchev–Trinajstić information content (AvgIpc) is 3.63. The number of rotatable bonds is 19. The van der Waals surface area contributed by atoms with E-state index in [1.54, 1.807) is 42.7 Å². The normalized spacial score (nSPS) is 11.4. The lowest BCUT2D eigenvalue weighted by Gasteiger charge is -2.25. The summed E-state index contributed by atoms with van der Waals surface area (Å²) in [6, 6.07) is 24.0. The summed E-state index contributed by atoms with van der Waals surface area (Å²) >= 11 is 0. The summed E-state index contributed by atoms with van der Waals surface area (Å²) in [5.41, 5.74) is 7.47. The highest BCUT2D eigenvalue weighted by molar-refractivity contribution is 5.93. The van der Waals surface area contributed by atoms with E-state index in [-0.39, 0.29) is 36.8 Å². The molecule has 0 unspecified atom stereocenters. The molecule has 1 aliphatic rings. The molecule has 17 nitrogen and oxygen atoms in total. The van der Waals surface area contributed by atoms with Crippen LogP contribution in [0.5, 0.6) is 0 Å². The number of benzene rings is 4. The summed E-state index contributed by atoms with van der Waals surface area (Å²) in [5.74, 6) is 0. The van der Waals surface area contributed by atoms with Crippen molar-refractivity contribution in [1.82, 2.24) is 31.9 Å². The Hall–Kier alpha value is -7.48. The summed E-state index contributed by atoms with van der Waals surface area (Å²) in [6.07, 6.45) is 4.19. The fourth-order valence-corrected chi connectivity index (χ4v) is 6.60. The number of hydrogen-bond acceptors (Lipinski definition) is 7. The first-order chi connectivity index (χ1) is 30.6. The number of carbonyl (C=O) groups is 5. The Labute approximate surface area is 374 Å². The van der Waals surface area contributed by atoms with Gasteiger partial charge in [0.25, 0.3) is 6.26 Å². The minimum Gasteiger partial charge on any atom is -0.423 e. The van der Waals surface area contributed by atoms with Crippen LogP contribution in [0.15, 0.2) is 84.9 Å². The molecule has 0 saturated heterocycles. The highest BCUT2D eigenvalue weighted by Gasteiger charge is 2.23. The molecular formula is C47H59N11O6. The predicted octanol–water partition coefficient (Wildman–Crippen LogP) is 7.79. The lowest BCUT2D eigenvalue weighted by Crippen LogP contribution is -2.44. The number of nitrogens with zero attached hydrogens (tertiary/aromatic N) is 1. The van der Waals surface area contributed by atoms with Gasteiger partial charge in [0.2, 0.25) is 0 Å². The van der Waals surface area contributed by atoms with E-state index in [2.05, 4.69) is 60.1 Å². The highest BCUT2D eigenvalue weighted by Crippen LogP contribution is 2.39. The van der Waals surface area contributed by atoms with Crippen LogP contribution in [0.2, 0.25) is 0 Å². The van der Waals surface area contributed by atoms with E-state index in [0.717, 1.165) is 46.2 Å². The third-order valence-corrected chi connectivity index (χ3v) is 10.3. The van der Waals surface area contributed by atoms with Crippen molar-refractivity contribution in [3.63, 3.8) is 0 Å². The smallest absolute Gasteiger partial charge is 0.319 e. The molecule has 5 rings (SSSR count). The molecule has 0 saturated carbocycles. The average molecular weight is 874 g/mol. The molecule has 10 amide bonds. The van der Waals surface area contributed by atoms with Gasteiger partial charge in [-0.1, -0.05) is 77.4 Å². The van der Waals surface area contributed by atoms with Crippen LogP contribution >= 0.6 is 0 Å². The molecule has 0 atom stereocenters. The number of urea groups is 5. The minimum absolute atomic E-state index is 0.162. The summed E-state index contributed by atoms with van der Waals surface area (Å²) in [7, 11) is 0. The van der Waals surface area contributed by atoms with Crippen LogP contribution in [0.4, 0.5) is 46.7 Å². The van der Waals surface area contributed by atoms with Gasteiger partial charge in [0.1, 0.15) is 6.61 Å². The Balaban J connectivity index is 0.992. The molecule has 0 fully saturated rings. The maximum atomic E-state index is 12.9. The molecule has 0 radical (unpaired) electrons. The first-order valence-corrected chi connectivity index (χ1v) is 21.3. The van der Waals surface area contributed by atoms with Crippen LogP contribution in [0.3, 0.4) is 0 Å². The monoisotopic (exact) mass is 873 g/mol. The Morgan fingerprint density at radius 3 is 1.38 bits per heavy atom. The van der Waals surface area contributed by atoms with Crippen LogP contribution in [0, 0.1) is 22.3 Å². The number of hydrogen-bond donors (Lipinski definition) is 10.